The van der Waals surface area contributed by atoms with Gasteiger partial charge in [0.1, 0.15) is 10.8 Å². The zero-order valence-corrected chi connectivity index (χ0v) is 14.2. The lowest BCUT2D eigenvalue weighted by Gasteiger charge is -2.37. The minimum absolute atomic E-state index is 0.733. The fraction of sp³-hybridized carbons (Fsp3) is 0.750. The van der Waals surface area contributed by atoms with E-state index in [0.717, 1.165) is 61.9 Å². The number of anilines is 1. The van der Waals surface area contributed by atoms with Gasteiger partial charge in [0.05, 0.1) is 25.6 Å². The number of piperidine rings is 1. The maximum absolute atomic E-state index is 5.44. The lowest BCUT2D eigenvalue weighted by molar-refractivity contribution is 0.0296. The summed E-state index contributed by atoms with van der Waals surface area (Å²) < 4.78 is 5.44. The van der Waals surface area contributed by atoms with Gasteiger partial charge < -0.3 is 9.64 Å². The molecule has 5 nitrogen and oxygen atoms in total. The van der Waals surface area contributed by atoms with Gasteiger partial charge in [-0.25, -0.2) is 4.98 Å². The number of rotatable bonds is 5. The van der Waals surface area contributed by atoms with Crippen molar-refractivity contribution >= 4 is 17.6 Å². The standard InChI is InChI=1S/C16H26N4OS/c1-2-22-16-11-17-10-15(18-16)20-5-3-4-14(13-20)12-19-6-8-21-9-7-19/h10-11,14H,2-9,12-13H2,1H3/t14-/m0/s1. The maximum Gasteiger partial charge on any atom is 0.148 e. The normalized spacial score (nSPS) is 23.7. The van der Waals surface area contributed by atoms with Crippen molar-refractivity contribution in [2.24, 2.45) is 5.92 Å². The molecule has 122 valence electrons. The Bertz CT molecular complexity index is 467. The average molecular weight is 322 g/mol. The van der Waals surface area contributed by atoms with Crippen molar-refractivity contribution in [2.45, 2.75) is 24.8 Å². The van der Waals surface area contributed by atoms with Gasteiger partial charge in [-0.05, 0) is 24.5 Å². The van der Waals surface area contributed by atoms with Crippen LogP contribution in [0.25, 0.3) is 0 Å². The van der Waals surface area contributed by atoms with Crippen LogP contribution in [0, 0.1) is 5.92 Å². The lowest BCUT2D eigenvalue weighted by atomic mass is 9.97. The summed E-state index contributed by atoms with van der Waals surface area (Å²) in [5.74, 6) is 2.82. The highest BCUT2D eigenvalue weighted by molar-refractivity contribution is 7.99. The summed E-state index contributed by atoms with van der Waals surface area (Å²) in [6.07, 6.45) is 6.36. The molecule has 1 atom stereocenters. The highest BCUT2D eigenvalue weighted by atomic mass is 32.2. The Morgan fingerprint density at radius 1 is 1.27 bits per heavy atom. The number of ether oxygens (including phenoxy) is 1. The zero-order valence-electron chi connectivity index (χ0n) is 13.4. The predicted molar refractivity (Wildman–Crippen MR) is 90.6 cm³/mol. The van der Waals surface area contributed by atoms with Crippen LogP contribution in [-0.4, -0.2) is 66.6 Å². The molecule has 2 aliphatic heterocycles. The summed E-state index contributed by atoms with van der Waals surface area (Å²) in [5, 5.41) is 1.04. The van der Waals surface area contributed by atoms with Crippen LogP contribution in [0.5, 0.6) is 0 Å². The number of hydrogen-bond donors (Lipinski definition) is 0. The van der Waals surface area contributed by atoms with Gasteiger partial charge in [0.25, 0.3) is 0 Å². The van der Waals surface area contributed by atoms with Crippen LogP contribution >= 0.6 is 11.8 Å². The molecule has 0 unspecified atom stereocenters. The number of thioether (sulfide) groups is 1. The zero-order chi connectivity index (χ0) is 15.2. The number of morpholine rings is 1. The fourth-order valence-electron chi connectivity index (χ4n) is 3.28. The molecule has 0 saturated carbocycles. The number of nitrogens with zero attached hydrogens (tertiary/aromatic N) is 4. The molecule has 3 heterocycles. The highest BCUT2D eigenvalue weighted by Gasteiger charge is 2.24. The van der Waals surface area contributed by atoms with Crippen molar-refractivity contribution in [3.63, 3.8) is 0 Å². The van der Waals surface area contributed by atoms with Crippen LogP contribution < -0.4 is 4.90 Å². The molecular weight excluding hydrogens is 296 g/mol. The second-order valence-corrected chi connectivity index (χ2v) is 7.30. The number of hydrogen-bond acceptors (Lipinski definition) is 6. The van der Waals surface area contributed by atoms with Crippen LogP contribution in [0.2, 0.25) is 0 Å². The summed E-state index contributed by atoms with van der Waals surface area (Å²) >= 11 is 1.76. The molecule has 1 aromatic rings. The Morgan fingerprint density at radius 3 is 2.95 bits per heavy atom. The van der Waals surface area contributed by atoms with Gasteiger partial charge in [-0.15, -0.1) is 11.8 Å². The Kier molecular flexibility index (Phi) is 5.92. The largest absolute Gasteiger partial charge is 0.379 e. The fourth-order valence-corrected chi connectivity index (χ4v) is 3.87. The van der Waals surface area contributed by atoms with E-state index < -0.39 is 0 Å². The van der Waals surface area contributed by atoms with E-state index in [-0.39, 0.29) is 0 Å². The maximum atomic E-state index is 5.44. The third-order valence-electron chi connectivity index (χ3n) is 4.36. The molecule has 1 aromatic heterocycles. The summed E-state index contributed by atoms with van der Waals surface area (Å²) in [7, 11) is 0. The van der Waals surface area contributed by atoms with E-state index in [1.54, 1.807) is 11.8 Å². The monoisotopic (exact) mass is 322 g/mol. The molecule has 2 saturated heterocycles. The summed E-state index contributed by atoms with van der Waals surface area (Å²) in [6.45, 7) is 9.49. The van der Waals surface area contributed by atoms with E-state index in [1.165, 1.54) is 19.4 Å². The molecule has 0 radical (unpaired) electrons. The molecule has 6 heteroatoms. The molecule has 0 spiro atoms. The van der Waals surface area contributed by atoms with Crippen LogP contribution in [0.3, 0.4) is 0 Å². The van der Waals surface area contributed by atoms with Crippen molar-refractivity contribution in [1.82, 2.24) is 14.9 Å². The van der Waals surface area contributed by atoms with Gasteiger partial charge in [0.2, 0.25) is 0 Å². The number of aromatic nitrogens is 2. The third kappa shape index (κ3) is 4.33. The first kappa shape index (κ1) is 16.0. The third-order valence-corrected chi connectivity index (χ3v) is 5.14. The molecule has 2 aliphatic rings. The molecular formula is C16H26N4OS. The quantitative estimate of drug-likeness (QED) is 0.774. The van der Waals surface area contributed by atoms with E-state index in [2.05, 4.69) is 21.7 Å². The molecule has 2 fully saturated rings. The van der Waals surface area contributed by atoms with Crippen LogP contribution in [0.4, 0.5) is 5.82 Å². The topological polar surface area (TPSA) is 41.5 Å². The van der Waals surface area contributed by atoms with Crippen molar-refractivity contribution in [3.8, 4) is 0 Å². The van der Waals surface area contributed by atoms with Gasteiger partial charge in [-0.2, -0.15) is 0 Å². The van der Waals surface area contributed by atoms with Gasteiger partial charge in [-0.1, -0.05) is 6.92 Å². The Labute approximate surface area is 137 Å². The molecule has 0 amide bonds. The van der Waals surface area contributed by atoms with Gasteiger partial charge >= 0.3 is 0 Å². The summed E-state index contributed by atoms with van der Waals surface area (Å²) in [6, 6.07) is 0. The summed E-state index contributed by atoms with van der Waals surface area (Å²) in [4.78, 5) is 14.1. The molecule has 0 bridgehead atoms. The molecule has 0 N–H and O–H groups in total. The molecule has 0 aliphatic carbocycles. The minimum Gasteiger partial charge on any atom is -0.379 e. The van der Waals surface area contributed by atoms with Crippen LogP contribution in [-0.2, 0) is 4.74 Å². The molecule has 0 aromatic carbocycles. The second kappa shape index (κ2) is 8.13. The Morgan fingerprint density at radius 2 is 2.14 bits per heavy atom. The first-order chi connectivity index (χ1) is 10.8. The molecule has 3 rings (SSSR count). The van der Waals surface area contributed by atoms with E-state index >= 15 is 0 Å². The van der Waals surface area contributed by atoms with Gasteiger partial charge in [-0.3, -0.25) is 9.88 Å². The highest BCUT2D eigenvalue weighted by Crippen LogP contribution is 2.24. The van der Waals surface area contributed by atoms with E-state index in [9.17, 15) is 0 Å². The van der Waals surface area contributed by atoms with E-state index in [1.807, 2.05) is 12.4 Å². The first-order valence-electron chi connectivity index (χ1n) is 8.35. The first-order valence-corrected chi connectivity index (χ1v) is 9.33. The smallest absolute Gasteiger partial charge is 0.148 e. The minimum atomic E-state index is 0.733. The Balaban J connectivity index is 1.58. The Hall–Kier alpha value is -0.850. The molecule has 22 heavy (non-hydrogen) atoms. The SMILES string of the molecule is CCSc1cncc(N2CCC[C@@H](CN3CCOCC3)C2)n1. The van der Waals surface area contributed by atoms with Gasteiger partial charge in [0.15, 0.2) is 0 Å². The van der Waals surface area contributed by atoms with Gasteiger partial charge in [0, 0.05) is 32.7 Å². The average Bonchev–Trinajstić information content (AvgIpc) is 2.57. The van der Waals surface area contributed by atoms with E-state index in [4.69, 9.17) is 9.72 Å². The predicted octanol–water partition coefficient (Wildman–Crippen LogP) is 2.14. The van der Waals surface area contributed by atoms with Crippen molar-refractivity contribution in [3.05, 3.63) is 12.4 Å². The van der Waals surface area contributed by atoms with Crippen LogP contribution in [0.15, 0.2) is 17.4 Å². The van der Waals surface area contributed by atoms with Crippen molar-refractivity contribution in [2.75, 3.05) is 56.6 Å². The van der Waals surface area contributed by atoms with Crippen molar-refractivity contribution in [1.29, 1.82) is 0 Å². The van der Waals surface area contributed by atoms with Crippen molar-refractivity contribution < 1.29 is 4.74 Å². The lowest BCUT2D eigenvalue weighted by Crippen LogP contribution is -2.44. The van der Waals surface area contributed by atoms with E-state index in [0.29, 0.717) is 0 Å². The second-order valence-electron chi connectivity index (χ2n) is 6.02. The van der Waals surface area contributed by atoms with Crippen LogP contribution in [0.1, 0.15) is 19.8 Å². The summed E-state index contributed by atoms with van der Waals surface area (Å²) in [5.41, 5.74) is 0.